The smallest absolute Gasteiger partial charge is 0.255 e. The SMILES string of the molecule is CC(C)CC(=O)N1CCCN(c2ccc(NC(=O)c3ccc(C(C)(C)C)cc3)cn2)CC1. The van der Waals surface area contributed by atoms with Crippen LogP contribution in [0.3, 0.4) is 0 Å². The van der Waals surface area contributed by atoms with Crippen molar-refractivity contribution in [3.63, 3.8) is 0 Å². The van der Waals surface area contributed by atoms with Gasteiger partial charge in [0.05, 0.1) is 11.9 Å². The van der Waals surface area contributed by atoms with E-state index in [1.165, 1.54) is 5.56 Å². The van der Waals surface area contributed by atoms with Gasteiger partial charge in [-0.1, -0.05) is 46.8 Å². The molecule has 3 rings (SSSR count). The number of nitrogens with one attached hydrogen (secondary N) is 1. The normalized spacial score (nSPS) is 14.9. The van der Waals surface area contributed by atoms with E-state index in [1.807, 2.05) is 41.3 Å². The zero-order valence-corrected chi connectivity index (χ0v) is 20.0. The first-order valence-corrected chi connectivity index (χ1v) is 11.5. The van der Waals surface area contributed by atoms with Crippen molar-refractivity contribution < 1.29 is 9.59 Å². The van der Waals surface area contributed by atoms with E-state index < -0.39 is 0 Å². The Morgan fingerprint density at radius 3 is 2.31 bits per heavy atom. The number of nitrogens with zero attached hydrogens (tertiary/aromatic N) is 3. The van der Waals surface area contributed by atoms with Gasteiger partial charge in [0.25, 0.3) is 5.91 Å². The van der Waals surface area contributed by atoms with E-state index in [-0.39, 0.29) is 17.2 Å². The summed E-state index contributed by atoms with van der Waals surface area (Å²) in [6.45, 7) is 13.8. The Labute approximate surface area is 192 Å². The third-order valence-electron chi connectivity index (χ3n) is 5.77. The average Bonchev–Trinajstić information content (AvgIpc) is 3.00. The van der Waals surface area contributed by atoms with Crippen molar-refractivity contribution in [3.8, 4) is 0 Å². The van der Waals surface area contributed by atoms with Crippen molar-refractivity contribution in [2.24, 2.45) is 5.92 Å². The summed E-state index contributed by atoms with van der Waals surface area (Å²) in [5.74, 6) is 1.34. The van der Waals surface area contributed by atoms with Crippen molar-refractivity contribution in [3.05, 3.63) is 53.7 Å². The summed E-state index contributed by atoms with van der Waals surface area (Å²) in [6.07, 6.45) is 3.23. The first kappa shape index (κ1) is 23.8. The van der Waals surface area contributed by atoms with Gasteiger partial charge in [-0.25, -0.2) is 4.98 Å². The molecule has 32 heavy (non-hydrogen) atoms. The highest BCUT2D eigenvalue weighted by atomic mass is 16.2. The molecule has 0 unspecified atom stereocenters. The monoisotopic (exact) mass is 436 g/mol. The first-order chi connectivity index (χ1) is 15.1. The average molecular weight is 437 g/mol. The number of hydrogen-bond acceptors (Lipinski definition) is 4. The lowest BCUT2D eigenvalue weighted by molar-refractivity contribution is -0.131. The number of aromatic nitrogens is 1. The van der Waals surface area contributed by atoms with Gasteiger partial charge in [-0.05, 0) is 47.6 Å². The molecule has 2 heterocycles. The molecule has 0 saturated carbocycles. The zero-order chi connectivity index (χ0) is 23.3. The fourth-order valence-electron chi connectivity index (χ4n) is 3.85. The van der Waals surface area contributed by atoms with Gasteiger partial charge in [-0.3, -0.25) is 9.59 Å². The number of rotatable bonds is 5. The molecule has 1 N–H and O–H groups in total. The van der Waals surface area contributed by atoms with E-state index in [4.69, 9.17) is 0 Å². The second-order valence-electron chi connectivity index (χ2n) is 10.0. The number of benzene rings is 1. The van der Waals surface area contributed by atoms with Gasteiger partial charge in [0.15, 0.2) is 0 Å². The van der Waals surface area contributed by atoms with E-state index in [0.717, 1.165) is 38.4 Å². The fraction of sp³-hybridized carbons (Fsp3) is 0.500. The van der Waals surface area contributed by atoms with Crippen molar-refractivity contribution in [1.29, 1.82) is 0 Å². The first-order valence-electron chi connectivity index (χ1n) is 11.5. The van der Waals surface area contributed by atoms with Crippen molar-refractivity contribution >= 4 is 23.3 Å². The highest BCUT2D eigenvalue weighted by Gasteiger charge is 2.20. The molecule has 6 heteroatoms. The molecule has 2 amide bonds. The Morgan fingerprint density at radius 1 is 1.00 bits per heavy atom. The molecule has 2 aromatic rings. The van der Waals surface area contributed by atoms with Crippen LogP contribution in [0.1, 0.15) is 63.4 Å². The van der Waals surface area contributed by atoms with E-state index in [0.29, 0.717) is 23.6 Å². The van der Waals surface area contributed by atoms with Crippen LogP contribution in [0.2, 0.25) is 0 Å². The minimum absolute atomic E-state index is 0.0564. The van der Waals surface area contributed by atoms with Crippen LogP contribution < -0.4 is 10.2 Å². The number of amides is 2. The molecule has 172 valence electrons. The molecule has 1 aromatic carbocycles. The number of carbonyl (C=O) groups excluding carboxylic acids is 2. The number of anilines is 2. The largest absolute Gasteiger partial charge is 0.355 e. The molecular weight excluding hydrogens is 400 g/mol. The maximum Gasteiger partial charge on any atom is 0.255 e. The predicted molar refractivity (Wildman–Crippen MR) is 130 cm³/mol. The van der Waals surface area contributed by atoms with Crippen LogP contribution in [0.5, 0.6) is 0 Å². The van der Waals surface area contributed by atoms with Crippen LogP contribution in [0.4, 0.5) is 11.5 Å². The minimum atomic E-state index is -0.144. The van der Waals surface area contributed by atoms with Crippen LogP contribution in [0.15, 0.2) is 42.6 Å². The van der Waals surface area contributed by atoms with Gasteiger partial charge in [-0.15, -0.1) is 0 Å². The summed E-state index contributed by atoms with van der Waals surface area (Å²) in [5.41, 5.74) is 2.55. The van der Waals surface area contributed by atoms with Crippen LogP contribution in [-0.2, 0) is 10.2 Å². The molecular formula is C26H36N4O2. The molecule has 6 nitrogen and oxygen atoms in total. The molecule has 1 aliphatic rings. The summed E-state index contributed by atoms with van der Waals surface area (Å²) in [7, 11) is 0. The molecule has 1 aliphatic heterocycles. The predicted octanol–water partition coefficient (Wildman–Crippen LogP) is 4.72. The van der Waals surface area contributed by atoms with E-state index in [2.05, 4.69) is 49.8 Å². The number of pyridine rings is 1. The lowest BCUT2D eigenvalue weighted by atomic mass is 9.87. The second-order valence-corrected chi connectivity index (χ2v) is 10.0. The Balaban J connectivity index is 1.58. The van der Waals surface area contributed by atoms with E-state index in [1.54, 1.807) is 6.20 Å². The Morgan fingerprint density at radius 2 is 1.72 bits per heavy atom. The highest BCUT2D eigenvalue weighted by molar-refractivity contribution is 6.04. The standard InChI is InChI=1S/C26H36N4O2/c1-19(2)17-24(31)30-14-6-13-29(15-16-30)23-12-11-22(18-27-23)28-25(32)20-7-9-21(10-8-20)26(3,4)5/h7-12,18-19H,6,13-17H2,1-5H3,(H,28,32). The van der Waals surface area contributed by atoms with Crippen LogP contribution in [0, 0.1) is 5.92 Å². The summed E-state index contributed by atoms with van der Waals surface area (Å²) in [6, 6.07) is 11.6. The van der Waals surface area contributed by atoms with Crippen molar-refractivity contribution in [1.82, 2.24) is 9.88 Å². The lowest BCUT2D eigenvalue weighted by Gasteiger charge is -2.23. The fourth-order valence-corrected chi connectivity index (χ4v) is 3.85. The van der Waals surface area contributed by atoms with Gasteiger partial charge in [0.1, 0.15) is 5.82 Å². The summed E-state index contributed by atoms with van der Waals surface area (Å²) < 4.78 is 0. The van der Waals surface area contributed by atoms with Crippen molar-refractivity contribution in [2.45, 2.75) is 52.9 Å². The quantitative estimate of drug-likeness (QED) is 0.737. The minimum Gasteiger partial charge on any atom is -0.355 e. The second kappa shape index (κ2) is 10.2. The van der Waals surface area contributed by atoms with E-state index >= 15 is 0 Å². The van der Waals surface area contributed by atoms with Crippen molar-refractivity contribution in [2.75, 3.05) is 36.4 Å². The molecule has 0 radical (unpaired) electrons. The summed E-state index contributed by atoms with van der Waals surface area (Å²) in [4.78, 5) is 33.7. The van der Waals surface area contributed by atoms with E-state index in [9.17, 15) is 9.59 Å². The molecule has 1 saturated heterocycles. The van der Waals surface area contributed by atoms with Gasteiger partial charge < -0.3 is 15.1 Å². The van der Waals surface area contributed by atoms with Gasteiger partial charge in [0.2, 0.25) is 5.91 Å². The maximum atomic E-state index is 12.6. The Kier molecular flexibility index (Phi) is 7.54. The molecule has 0 bridgehead atoms. The summed E-state index contributed by atoms with van der Waals surface area (Å²) >= 11 is 0. The zero-order valence-electron chi connectivity index (χ0n) is 20.0. The molecule has 1 fully saturated rings. The third kappa shape index (κ3) is 6.31. The number of hydrogen-bond donors (Lipinski definition) is 1. The van der Waals surface area contributed by atoms with Crippen LogP contribution in [-0.4, -0.2) is 47.9 Å². The number of carbonyl (C=O) groups is 2. The molecule has 0 spiro atoms. The molecule has 1 aromatic heterocycles. The van der Waals surface area contributed by atoms with Crippen LogP contribution >= 0.6 is 0 Å². The lowest BCUT2D eigenvalue weighted by Crippen LogP contribution is -2.35. The Bertz CT molecular complexity index is 914. The topological polar surface area (TPSA) is 65.5 Å². The summed E-state index contributed by atoms with van der Waals surface area (Å²) in [5, 5.41) is 2.93. The van der Waals surface area contributed by atoms with Gasteiger partial charge >= 0.3 is 0 Å². The Hall–Kier alpha value is -2.89. The highest BCUT2D eigenvalue weighted by Crippen LogP contribution is 2.23. The van der Waals surface area contributed by atoms with Gasteiger partial charge in [0, 0.05) is 38.2 Å². The maximum absolute atomic E-state index is 12.6. The van der Waals surface area contributed by atoms with Gasteiger partial charge in [-0.2, -0.15) is 0 Å². The molecule has 0 aliphatic carbocycles. The molecule has 0 atom stereocenters. The van der Waals surface area contributed by atoms with Crippen LogP contribution in [0.25, 0.3) is 0 Å². The third-order valence-corrected chi connectivity index (χ3v) is 5.77.